The molecule has 0 saturated carbocycles. The van der Waals surface area contributed by atoms with E-state index < -0.39 is 0 Å². The summed E-state index contributed by atoms with van der Waals surface area (Å²) in [4.78, 5) is 8.89. The fraction of sp³-hybridized carbons (Fsp3) is 0.0435. The molecule has 0 aliphatic rings. The number of hydrogen-bond donors (Lipinski definition) is 2. The Hall–Kier alpha value is -4.06. The van der Waals surface area contributed by atoms with Gasteiger partial charge < -0.3 is 20.5 Å². The van der Waals surface area contributed by atoms with Crippen LogP contribution in [-0.4, -0.2) is 17.1 Å². The normalized spacial score (nSPS) is 10.4. The molecule has 0 bridgehead atoms. The number of nitrogens with zero attached hydrogens (tertiary/aromatic N) is 2. The van der Waals surface area contributed by atoms with Gasteiger partial charge in [-0.2, -0.15) is 0 Å². The van der Waals surface area contributed by atoms with Crippen molar-refractivity contribution < 1.29 is 9.47 Å². The molecule has 0 radical (unpaired) electrons. The van der Waals surface area contributed by atoms with Gasteiger partial charge in [0, 0.05) is 17.4 Å². The number of ether oxygens (including phenoxy) is 2. The average Bonchev–Trinajstić information content (AvgIpc) is 2.77. The first kappa shape index (κ1) is 18.3. The summed E-state index contributed by atoms with van der Waals surface area (Å²) < 4.78 is 11.0. The second-order valence-electron chi connectivity index (χ2n) is 6.28. The van der Waals surface area contributed by atoms with Crippen LogP contribution >= 0.6 is 0 Å². The van der Waals surface area contributed by atoms with Crippen LogP contribution < -0.4 is 20.5 Å². The molecule has 4 rings (SSSR count). The molecule has 144 valence electrons. The fourth-order valence-corrected chi connectivity index (χ4v) is 2.78. The van der Waals surface area contributed by atoms with E-state index in [0.29, 0.717) is 23.1 Å². The van der Waals surface area contributed by atoms with E-state index in [1.165, 1.54) is 0 Å². The third-order valence-corrected chi connectivity index (χ3v) is 4.30. The van der Waals surface area contributed by atoms with Crippen LogP contribution in [0.5, 0.6) is 17.2 Å². The van der Waals surface area contributed by atoms with E-state index in [2.05, 4.69) is 15.3 Å². The summed E-state index contributed by atoms with van der Waals surface area (Å²) in [6, 6.07) is 24.5. The number of nitrogens with two attached hydrogens (primary N) is 1. The summed E-state index contributed by atoms with van der Waals surface area (Å²) in [5.74, 6) is 2.65. The van der Waals surface area contributed by atoms with Gasteiger partial charge in [-0.3, -0.25) is 0 Å². The lowest BCUT2D eigenvalue weighted by Crippen LogP contribution is -1.98. The number of aromatic nitrogens is 2. The molecule has 0 unspecified atom stereocenters. The van der Waals surface area contributed by atoms with Gasteiger partial charge in [-0.05, 0) is 66.7 Å². The lowest BCUT2D eigenvalue weighted by atomic mass is 10.1. The van der Waals surface area contributed by atoms with Gasteiger partial charge in [0.1, 0.15) is 17.2 Å². The lowest BCUT2D eigenvalue weighted by Gasteiger charge is -2.10. The monoisotopic (exact) mass is 384 g/mol. The minimum Gasteiger partial charge on any atom is -0.497 e. The number of benzene rings is 3. The highest BCUT2D eigenvalue weighted by molar-refractivity contribution is 5.63. The Kier molecular flexibility index (Phi) is 5.25. The maximum atomic E-state index is 5.93. The number of para-hydroxylation sites is 2. The second-order valence-corrected chi connectivity index (χ2v) is 6.28. The minimum absolute atomic E-state index is 0.519. The molecule has 29 heavy (non-hydrogen) atoms. The molecule has 0 atom stereocenters. The molecule has 6 heteroatoms. The molecule has 0 fully saturated rings. The van der Waals surface area contributed by atoms with Gasteiger partial charge in [-0.1, -0.05) is 12.1 Å². The Labute approximate surface area is 169 Å². The highest BCUT2D eigenvalue weighted by atomic mass is 16.5. The Balaban J connectivity index is 1.49. The van der Waals surface area contributed by atoms with Gasteiger partial charge in [0.2, 0.25) is 5.95 Å². The molecular weight excluding hydrogens is 364 g/mol. The zero-order valence-corrected chi connectivity index (χ0v) is 15.9. The summed E-state index contributed by atoms with van der Waals surface area (Å²) >= 11 is 0. The van der Waals surface area contributed by atoms with Crippen molar-refractivity contribution >= 4 is 17.3 Å². The maximum absolute atomic E-state index is 5.93. The van der Waals surface area contributed by atoms with E-state index in [1.54, 1.807) is 13.3 Å². The topological polar surface area (TPSA) is 82.3 Å². The van der Waals surface area contributed by atoms with Crippen LogP contribution in [0, 0.1) is 0 Å². The van der Waals surface area contributed by atoms with Crippen molar-refractivity contribution in [1.82, 2.24) is 9.97 Å². The first-order valence-corrected chi connectivity index (χ1v) is 9.08. The van der Waals surface area contributed by atoms with Gasteiger partial charge in [0.05, 0.1) is 18.5 Å². The summed E-state index contributed by atoms with van der Waals surface area (Å²) in [6.45, 7) is 0. The molecule has 1 aromatic heterocycles. The second kappa shape index (κ2) is 8.31. The van der Waals surface area contributed by atoms with Crippen molar-refractivity contribution in [2.24, 2.45) is 0 Å². The van der Waals surface area contributed by atoms with E-state index in [4.69, 9.17) is 15.2 Å². The van der Waals surface area contributed by atoms with Crippen LogP contribution in [0.15, 0.2) is 85.1 Å². The molecule has 3 N–H and O–H groups in total. The third-order valence-electron chi connectivity index (χ3n) is 4.30. The maximum Gasteiger partial charge on any atom is 0.227 e. The number of nitrogens with one attached hydrogen (secondary N) is 1. The van der Waals surface area contributed by atoms with E-state index in [9.17, 15) is 0 Å². The number of anilines is 3. The molecule has 0 saturated heterocycles. The molecule has 6 nitrogen and oxygen atoms in total. The number of rotatable bonds is 6. The number of nitrogen functional groups attached to an aromatic ring is 1. The zero-order valence-electron chi connectivity index (χ0n) is 15.9. The quantitative estimate of drug-likeness (QED) is 0.441. The van der Waals surface area contributed by atoms with Crippen LogP contribution in [-0.2, 0) is 0 Å². The van der Waals surface area contributed by atoms with Crippen molar-refractivity contribution in [3.8, 4) is 28.5 Å². The van der Waals surface area contributed by atoms with E-state index >= 15 is 0 Å². The van der Waals surface area contributed by atoms with E-state index in [0.717, 1.165) is 22.7 Å². The summed E-state index contributed by atoms with van der Waals surface area (Å²) in [5.41, 5.74) is 9.17. The van der Waals surface area contributed by atoms with Crippen molar-refractivity contribution in [2.75, 3.05) is 18.2 Å². The molecule has 3 aromatic carbocycles. The molecule has 0 amide bonds. The third kappa shape index (κ3) is 4.44. The van der Waals surface area contributed by atoms with Gasteiger partial charge in [-0.15, -0.1) is 0 Å². The van der Waals surface area contributed by atoms with Gasteiger partial charge in [0.25, 0.3) is 0 Å². The molecular formula is C23H20N4O2. The van der Waals surface area contributed by atoms with Gasteiger partial charge >= 0.3 is 0 Å². The molecule has 0 aliphatic carbocycles. The molecule has 1 heterocycles. The Morgan fingerprint density at radius 3 is 2.28 bits per heavy atom. The van der Waals surface area contributed by atoms with E-state index in [-0.39, 0.29) is 0 Å². The van der Waals surface area contributed by atoms with Gasteiger partial charge in [0.15, 0.2) is 0 Å². The summed E-state index contributed by atoms with van der Waals surface area (Å²) in [6.07, 6.45) is 1.73. The smallest absolute Gasteiger partial charge is 0.227 e. The fourth-order valence-electron chi connectivity index (χ4n) is 2.78. The zero-order chi connectivity index (χ0) is 20.1. The molecule has 0 spiro atoms. The van der Waals surface area contributed by atoms with E-state index in [1.807, 2.05) is 78.9 Å². The molecule has 4 aromatic rings. The first-order valence-electron chi connectivity index (χ1n) is 9.08. The summed E-state index contributed by atoms with van der Waals surface area (Å²) in [7, 11) is 1.64. The van der Waals surface area contributed by atoms with Crippen LogP contribution in [0.3, 0.4) is 0 Å². The van der Waals surface area contributed by atoms with Crippen molar-refractivity contribution in [3.05, 3.63) is 85.1 Å². The largest absolute Gasteiger partial charge is 0.497 e. The Morgan fingerprint density at radius 1 is 0.828 bits per heavy atom. The first-order chi connectivity index (χ1) is 14.2. The average molecular weight is 384 g/mol. The molecule has 0 aliphatic heterocycles. The van der Waals surface area contributed by atoms with Crippen LogP contribution in [0.25, 0.3) is 11.3 Å². The minimum atomic E-state index is 0.519. The lowest BCUT2D eigenvalue weighted by molar-refractivity contribution is 0.415. The van der Waals surface area contributed by atoms with Crippen LogP contribution in [0.2, 0.25) is 0 Å². The van der Waals surface area contributed by atoms with Crippen molar-refractivity contribution in [1.29, 1.82) is 0 Å². The SMILES string of the molecule is COc1ccc(Nc2nccc(-c3ccc(Oc4ccccc4N)cc3)n2)cc1. The number of hydrogen-bond acceptors (Lipinski definition) is 6. The van der Waals surface area contributed by atoms with Crippen LogP contribution in [0.4, 0.5) is 17.3 Å². The standard InChI is InChI=1S/C23H20N4O2/c1-28-18-12-8-17(9-13-18)26-23-25-15-14-21(27-23)16-6-10-19(11-7-16)29-22-5-3-2-4-20(22)24/h2-15H,24H2,1H3,(H,25,26,27). The summed E-state index contributed by atoms with van der Waals surface area (Å²) in [5, 5.41) is 3.20. The van der Waals surface area contributed by atoms with Crippen molar-refractivity contribution in [3.63, 3.8) is 0 Å². The van der Waals surface area contributed by atoms with Crippen molar-refractivity contribution in [2.45, 2.75) is 0 Å². The highest BCUT2D eigenvalue weighted by Crippen LogP contribution is 2.29. The highest BCUT2D eigenvalue weighted by Gasteiger charge is 2.05. The predicted octanol–water partition coefficient (Wildman–Crippen LogP) is 5.27. The van der Waals surface area contributed by atoms with Gasteiger partial charge in [-0.25, -0.2) is 9.97 Å². The Bertz CT molecular complexity index is 1100. The predicted molar refractivity (Wildman–Crippen MR) is 115 cm³/mol. The van der Waals surface area contributed by atoms with Crippen LogP contribution in [0.1, 0.15) is 0 Å². The Morgan fingerprint density at radius 2 is 1.55 bits per heavy atom. The number of methoxy groups -OCH3 is 1.